The van der Waals surface area contributed by atoms with Crippen LogP contribution in [0.25, 0.3) is 0 Å². The quantitative estimate of drug-likeness (QED) is 0.0908. The summed E-state index contributed by atoms with van der Waals surface area (Å²) in [5.74, 6) is 12.0. The molecule has 0 atom stereocenters. The second kappa shape index (κ2) is 26.5. The number of carboxylic acids is 2. The van der Waals surface area contributed by atoms with Crippen LogP contribution >= 0.6 is 22.7 Å². The van der Waals surface area contributed by atoms with Crippen molar-refractivity contribution >= 4 is 57.8 Å². The maximum absolute atomic E-state index is 14.0. The SMILES string of the molecule is CN(C1CCC(Oc2cccnc2)CC1)N(C(=O)C1CCCCC1)c1cc(C#CC(C)(C)C)sc1C(=O)O.CN(C1CCC(Oc2cccnc2)CC1)N(C(=O)C1CCCCC1)c1cc(C#CC(C)(C)C)sc1C(=O)O. The monoisotopic (exact) mass is 1070 g/mol. The first-order valence-corrected chi connectivity index (χ1v) is 28.9. The summed E-state index contributed by atoms with van der Waals surface area (Å²) in [6.45, 7) is 12.1. The number of carboxylic acid groups (broad SMARTS) is 2. The maximum atomic E-state index is 14.0. The molecule has 16 heteroatoms. The third-order valence-electron chi connectivity index (χ3n) is 14.6. The minimum absolute atomic E-state index is 0.00318. The highest BCUT2D eigenvalue weighted by Gasteiger charge is 2.39. The Balaban J connectivity index is 0.000000221. The fourth-order valence-corrected chi connectivity index (χ4v) is 12.2. The molecule has 4 aromatic heterocycles. The molecule has 0 bridgehead atoms. The molecule has 408 valence electrons. The van der Waals surface area contributed by atoms with E-state index in [1.165, 1.54) is 0 Å². The summed E-state index contributed by atoms with van der Waals surface area (Å²) in [6, 6.07) is 11.3. The zero-order chi connectivity index (χ0) is 54.6. The Morgan fingerprint density at radius 2 is 0.908 bits per heavy atom. The second-order valence-corrected chi connectivity index (χ2v) is 25.0. The number of carbonyl (C=O) groups is 4. The van der Waals surface area contributed by atoms with Gasteiger partial charge in [-0.1, -0.05) is 62.2 Å². The lowest BCUT2D eigenvalue weighted by Crippen LogP contribution is -2.53. The Kier molecular flexibility index (Phi) is 20.2. The molecule has 0 radical (unpaired) electrons. The Hall–Kier alpha value is -5.78. The van der Waals surface area contributed by atoms with E-state index in [0.29, 0.717) is 21.1 Å². The van der Waals surface area contributed by atoms with Gasteiger partial charge in [0.15, 0.2) is 0 Å². The lowest BCUT2D eigenvalue weighted by molar-refractivity contribution is -0.127. The zero-order valence-electron chi connectivity index (χ0n) is 45.8. The van der Waals surface area contributed by atoms with Crippen LogP contribution in [0.1, 0.15) is 186 Å². The number of aromatic carboxylic acids is 2. The lowest BCUT2D eigenvalue weighted by Gasteiger charge is -2.42. The molecule has 14 nitrogen and oxygen atoms in total. The van der Waals surface area contributed by atoms with Crippen molar-refractivity contribution in [1.29, 1.82) is 0 Å². The fourth-order valence-electron chi connectivity index (χ4n) is 10.6. The number of nitrogens with zero attached hydrogens (tertiary/aromatic N) is 6. The van der Waals surface area contributed by atoms with Gasteiger partial charge < -0.3 is 19.7 Å². The number of pyridine rings is 2. The normalized spacial score (nSPS) is 20.4. The Morgan fingerprint density at radius 1 is 0.553 bits per heavy atom. The molecular formula is C60H78N6O8S2. The highest BCUT2D eigenvalue weighted by molar-refractivity contribution is 7.15. The third-order valence-corrected chi connectivity index (χ3v) is 16.6. The third kappa shape index (κ3) is 16.1. The predicted molar refractivity (Wildman–Crippen MR) is 301 cm³/mol. The minimum atomic E-state index is -1.03. The first kappa shape index (κ1) is 57.9. The van der Waals surface area contributed by atoms with E-state index in [1.807, 2.05) is 89.9 Å². The van der Waals surface area contributed by atoms with Gasteiger partial charge in [-0.3, -0.25) is 19.6 Å². The number of hydrogen-bond donors (Lipinski definition) is 2. The molecule has 4 aromatic rings. The molecule has 0 unspecified atom stereocenters. The Labute approximate surface area is 458 Å². The van der Waals surface area contributed by atoms with Gasteiger partial charge in [-0.05, 0) is 155 Å². The first-order valence-electron chi connectivity index (χ1n) is 27.3. The Morgan fingerprint density at radius 3 is 1.21 bits per heavy atom. The van der Waals surface area contributed by atoms with Gasteiger partial charge in [0.25, 0.3) is 0 Å². The molecule has 2 amide bonds. The van der Waals surface area contributed by atoms with E-state index in [4.69, 9.17) is 9.47 Å². The van der Waals surface area contributed by atoms with Crippen LogP contribution in [0.4, 0.5) is 11.4 Å². The summed E-state index contributed by atoms with van der Waals surface area (Å²) in [7, 11) is 3.86. The van der Waals surface area contributed by atoms with E-state index in [1.54, 1.807) is 46.9 Å². The molecule has 2 N–H and O–H groups in total. The molecule has 4 saturated carbocycles. The van der Waals surface area contributed by atoms with Crippen molar-refractivity contribution in [1.82, 2.24) is 20.0 Å². The van der Waals surface area contributed by atoms with E-state index in [9.17, 15) is 29.4 Å². The van der Waals surface area contributed by atoms with Crippen molar-refractivity contribution < 1.29 is 38.9 Å². The number of carbonyl (C=O) groups excluding carboxylic acids is 2. The van der Waals surface area contributed by atoms with Gasteiger partial charge >= 0.3 is 11.9 Å². The van der Waals surface area contributed by atoms with Crippen LogP contribution in [0.15, 0.2) is 61.2 Å². The molecule has 4 aliphatic rings. The number of anilines is 2. The standard InChI is InChI=1S/2C30H39N3O4S/c2*1-30(2,3)17-16-25-19-26(27(38-25)29(35)36)33(28(34)21-9-6-5-7-10-21)32(4)22-12-14-23(15-13-22)37-24-11-8-18-31-20-24/h2*8,11,18-23H,5-7,9-10,12-15H2,1-4H3,(H,35,36). The second-order valence-electron chi connectivity index (χ2n) is 22.9. The largest absolute Gasteiger partial charge is 0.489 e. The minimum Gasteiger partial charge on any atom is -0.489 e. The zero-order valence-corrected chi connectivity index (χ0v) is 47.4. The average molecular weight is 1080 g/mol. The number of amides is 2. The summed E-state index contributed by atoms with van der Waals surface area (Å²) in [5, 5.41) is 27.5. The van der Waals surface area contributed by atoms with Gasteiger partial charge in [0.2, 0.25) is 11.8 Å². The van der Waals surface area contributed by atoms with Gasteiger partial charge in [0, 0.05) is 61.2 Å². The molecular weight excluding hydrogens is 997 g/mol. The van der Waals surface area contributed by atoms with E-state index in [0.717, 1.165) is 150 Å². The van der Waals surface area contributed by atoms with Crippen molar-refractivity contribution in [2.45, 2.75) is 181 Å². The van der Waals surface area contributed by atoms with Crippen molar-refractivity contribution in [3.05, 3.63) is 80.7 Å². The van der Waals surface area contributed by atoms with Gasteiger partial charge in [0.05, 0.1) is 45.7 Å². The van der Waals surface area contributed by atoms with Crippen LogP contribution in [0.5, 0.6) is 11.5 Å². The van der Waals surface area contributed by atoms with Crippen LogP contribution in [0, 0.1) is 46.3 Å². The van der Waals surface area contributed by atoms with Crippen LogP contribution in [-0.2, 0) is 9.59 Å². The number of hydrazine groups is 2. The molecule has 0 aliphatic heterocycles. The van der Waals surface area contributed by atoms with Gasteiger partial charge in [-0.15, -0.1) is 22.7 Å². The van der Waals surface area contributed by atoms with Crippen LogP contribution < -0.4 is 19.5 Å². The maximum Gasteiger partial charge on any atom is 0.348 e. The summed E-state index contributed by atoms with van der Waals surface area (Å²) in [5.41, 5.74) is 0.455. The van der Waals surface area contributed by atoms with E-state index >= 15 is 0 Å². The number of thiophene rings is 2. The summed E-state index contributed by atoms with van der Waals surface area (Å²) in [6.07, 6.45) is 23.7. The highest BCUT2D eigenvalue weighted by atomic mass is 32.1. The molecule has 4 aliphatic carbocycles. The summed E-state index contributed by atoms with van der Waals surface area (Å²) < 4.78 is 12.3. The van der Waals surface area contributed by atoms with Crippen LogP contribution in [0.2, 0.25) is 0 Å². The summed E-state index contributed by atoms with van der Waals surface area (Å²) in [4.78, 5) is 62.6. The molecule has 0 spiro atoms. The van der Waals surface area contributed by atoms with Crippen molar-refractivity contribution in [3.8, 4) is 35.2 Å². The smallest absolute Gasteiger partial charge is 0.348 e. The fraction of sp³-hybridized carbons (Fsp3) is 0.567. The molecule has 8 rings (SSSR count). The molecule has 4 heterocycles. The number of hydrogen-bond acceptors (Lipinski definition) is 12. The highest BCUT2D eigenvalue weighted by Crippen LogP contribution is 2.39. The molecule has 76 heavy (non-hydrogen) atoms. The summed E-state index contributed by atoms with van der Waals surface area (Å²) >= 11 is 2.29. The Bertz CT molecular complexity index is 2510. The van der Waals surface area contributed by atoms with E-state index < -0.39 is 11.9 Å². The van der Waals surface area contributed by atoms with Crippen LogP contribution in [-0.4, -0.2) is 92.3 Å². The van der Waals surface area contributed by atoms with Crippen molar-refractivity contribution in [3.63, 3.8) is 0 Å². The average Bonchev–Trinajstić information content (AvgIpc) is 4.05. The van der Waals surface area contributed by atoms with Crippen molar-refractivity contribution in [2.75, 3.05) is 24.1 Å². The van der Waals surface area contributed by atoms with E-state index in [-0.39, 0.29) is 68.5 Å². The van der Waals surface area contributed by atoms with E-state index in [2.05, 4.69) is 33.6 Å². The number of aromatic nitrogens is 2. The number of rotatable bonds is 14. The molecule has 0 aromatic carbocycles. The van der Waals surface area contributed by atoms with Crippen LogP contribution in [0.3, 0.4) is 0 Å². The van der Waals surface area contributed by atoms with Gasteiger partial charge in [0.1, 0.15) is 21.3 Å². The predicted octanol–water partition coefficient (Wildman–Crippen LogP) is 12.8. The van der Waals surface area contributed by atoms with Crippen molar-refractivity contribution in [2.24, 2.45) is 22.7 Å². The topological polar surface area (TPSA) is 166 Å². The lowest BCUT2D eigenvalue weighted by atomic mass is 9.88. The molecule has 4 fully saturated rings. The van der Waals surface area contributed by atoms with Gasteiger partial charge in [-0.2, -0.15) is 0 Å². The molecule has 0 saturated heterocycles. The van der Waals surface area contributed by atoms with Gasteiger partial charge in [-0.25, -0.2) is 29.6 Å². The number of ether oxygens (including phenoxy) is 2. The first-order chi connectivity index (χ1) is 36.2.